The molecule has 1 aromatic rings. The summed E-state index contributed by atoms with van der Waals surface area (Å²) < 4.78 is 9.74. The molecule has 6 nitrogen and oxygen atoms in total. The molecule has 0 aromatic heterocycles. The lowest BCUT2D eigenvalue weighted by molar-refractivity contribution is -0.385. The third kappa shape index (κ3) is 1.68. The van der Waals surface area contributed by atoms with Gasteiger partial charge >= 0.3 is 0 Å². The summed E-state index contributed by atoms with van der Waals surface area (Å²) in [6.07, 6.45) is 0. The molecule has 0 aliphatic rings. The topological polar surface area (TPSA) is 87.6 Å². The van der Waals surface area contributed by atoms with Crippen LogP contribution in [0.15, 0.2) is 12.1 Å². The zero-order valence-electron chi connectivity index (χ0n) is 7.81. The van der Waals surface area contributed by atoms with Gasteiger partial charge in [0.05, 0.1) is 31.3 Å². The van der Waals surface area contributed by atoms with Crippen LogP contribution < -0.4 is 15.2 Å². The van der Waals surface area contributed by atoms with E-state index in [0.29, 0.717) is 0 Å². The molecular formula is C8H10N2O4. The highest BCUT2D eigenvalue weighted by Gasteiger charge is 2.15. The molecule has 0 aliphatic heterocycles. The van der Waals surface area contributed by atoms with E-state index in [1.807, 2.05) is 0 Å². The lowest BCUT2D eigenvalue weighted by atomic mass is 10.2. The van der Waals surface area contributed by atoms with E-state index < -0.39 is 4.92 Å². The molecule has 0 spiro atoms. The first-order valence-electron chi connectivity index (χ1n) is 3.76. The Morgan fingerprint density at radius 3 is 2.00 bits per heavy atom. The number of nitrogens with two attached hydrogens (primary N) is 1. The van der Waals surface area contributed by atoms with Crippen molar-refractivity contribution in [1.82, 2.24) is 0 Å². The second-order valence-electron chi connectivity index (χ2n) is 2.52. The predicted molar refractivity (Wildman–Crippen MR) is 50.6 cm³/mol. The number of nitrogen functional groups attached to an aromatic ring is 1. The van der Waals surface area contributed by atoms with E-state index in [4.69, 9.17) is 15.2 Å². The van der Waals surface area contributed by atoms with Gasteiger partial charge in [0.25, 0.3) is 5.69 Å². The van der Waals surface area contributed by atoms with Gasteiger partial charge in [-0.15, -0.1) is 0 Å². The van der Waals surface area contributed by atoms with Crippen molar-refractivity contribution in [3.63, 3.8) is 0 Å². The van der Waals surface area contributed by atoms with Gasteiger partial charge in [0.1, 0.15) is 5.69 Å². The predicted octanol–water partition coefficient (Wildman–Crippen LogP) is 1.19. The van der Waals surface area contributed by atoms with Crippen molar-refractivity contribution in [3.05, 3.63) is 22.2 Å². The summed E-state index contributed by atoms with van der Waals surface area (Å²) in [5, 5.41) is 10.5. The molecule has 0 radical (unpaired) electrons. The third-order valence-electron chi connectivity index (χ3n) is 1.74. The summed E-state index contributed by atoms with van der Waals surface area (Å²) >= 11 is 0. The summed E-state index contributed by atoms with van der Waals surface area (Å²) in [6.45, 7) is 0. The first kappa shape index (κ1) is 10.1. The third-order valence-corrected chi connectivity index (χ3v) is 1.74. The van der Waals surface area contributed by atoms with Gasteiger partial charge in [-0.1, -0.05) is 0 Å². The molecule has 76 valence electrons. The molecule has 0 unspecified atom stereocenters. The molecule has 0 heterocycles. The summed E-state index contributed by atoms with van der Waals surface area (Å²) in [5.74, 6) is 0.465. The number of hydrogen-bond donors (Lipinski definition) is 1. The van der Waals surface area contributed by atoms with Crippen molar-refractivity contribution in [3.8, 4) is 11.5 Å². The summed E-state index contributed by atoms with van der Waals surface area (Å²) in [5.41, 5.74) is 5.73. The number of ether oxygens (including phenoxy) is 2. The van der Waals surface area contributed by atoms with Gasteiger partial charge in [-0.05, 0) is 0 Å². The number of nitrogens with zero attached hydrogens (tertiary/aromatic N) is 1. The standard InChI is InChI=1S/C8H10N2O4/c1-13-6-3-5(10(11)12)4-7(14-2)8(6)9/h3-4H,9H2,1-2H3. The van der Waals surface area contributed by atoms with Crippen LogP contribution in [0.1, 0.15) is 0 Å². The Morgan fingerprint density at radius 1 is 1.29 bits per heavy atom. The van der Waals surface area contributed by atoms with Gasteiger partial charge in [0, 0.05) is 0 Å². The smallest absolute Gasteiger partial charge is 0.277 e. The van der Waals surface area contributed by atoms with Gasteiger partial charge in [0.2, 0.25) is 0 Å². The van der Waals surface area contributed by atoms with Crippen molar-refractivity contribution >= 4 is 11.4 Å². The number of nitro benzene ring substituents is 1. The molecule has 1 rings (SSSR count). The fourth-order valence-electron chi connectivity index (χ4n) is 1.03. The van der Waals surface area contributed by atoms with E-state index in [2.05, 4.69) is 0 Å². The molecule has 0 amide bonds. The maximum atomic E-state index is 10.5. The Kier molecular flexibility index (Phi) is 2.76. The SMILES string of the molecule is COc1cc([N+](=O)[O-])cc(OC)c1N. The number of rotatable bonds is 3. The molecule has 2 N–H and O–H groups in total. The zero-order chi connectivity index (χ0) is 10.7. The fraction of sp³-hybridized carbons (Fsp3) is 0.250. The number of anilines is 1. The summed E-state index contributed by atoms with van der Waals surface area (Å²) in [7, 11) is 2.77. The molecule has 1 aromatic carbocycles. The quantitative estimate of drug-likeness (QED) is 0.447. The van der Waals surface area contributed by atoms with Crippen LogP contribution in [0.4, 0.5) is 11.4 Å². The number of nitro groups is 1. The Bertz CT molecular complexity index is 339. The van der Waals surface area contributed by atoms with Crippen molar-refractivity contribution in [2.45, 2.75) is 0 Å². The van der Waals surface area contributed by atoms with Crippen LogP contribution >= 0.6 is 0 Å². The van der Waals surface area contributed by atoms with E-state index >= 15 is 0 Å². The van der Waals surface area contributed by atoms with Gasteiger partial charge in [-0.25, -0.2) is 0 Å². The Hall–Kier alpha value is -1.98. The van der Waals surface area contributed by atoms with Gasteiger partial charge < -0.3 is 15.2 Å². The Morgan fingerprint density at radius 2 is 1.71 bits per heavy atom. The van der Waals surface area contributed by atoms with Crippen LogP contribution in [0.3, 0.4) is 0 Å². The van der Waals surface area contributed by atoms with E-state index in [-0.39, 0.29) is 22.9 Å². The highest BCUT2D eigenvalue weighted by molar-refractivity contribution is 5.67. The van der Waals surface area contributed by atoms with Crippen LogP contribution in [0, 0.1) is 10.1 Å². The summed E-state index contributed by atoms with van der Waals surface area (Å²) in [6, 6.07) is 2.50. The number of hydrogen-bond acceptors (Lipinski definition) is 5. The number of methoxy groups -OCH3 is 2. The molecule has 0 saturated heterocycles. The van der Waals surface area contributed by atoms with E-state index in [0.717, 1.165) is 0 Å². The maximum absolute atomic E-state index is 10.5. The lowest BCUT2D eigenvalue weighted by Gasteiger charge is -2.08. The van der Waals surface area contributed by atoms with Crippen LogP contribution in [0.2, 0.25) is 0 Å². The maximum Gasteiger partial charge on any atom is 0.277 e. The van der Waals surface area contributed by atoms with E-state index in [1.54, 1.807) is 0 Å². The van der Waals surface area contributed by atoms with Gasteiger partial charge in [-0.3, -0.25) is 10.1 Å². The van der Waals surface area contributed by atoms with Crippen molar-refractivity contribution < 1.29 is 14.4 Å². The highest BCUT2D eigenvalue weighted by atomic mass is 16.6. The lowest BCUT2D eigenvalue weighted by Crippen LogP contribution is -1.98. The van der Waals surface area contributed by atoms with E-state index in [1.165, 1.54) is 26.4 Å². The zero-order valence-corrected chi connectivity index (χ0v) is 7.81. The molecule has 0 saturated carbocycles. The second-order valence-corrected chi connectivity index (χ2v) is 2.52. The first-order valence-corrected chi connectivity index (χ1v) is 3.76. The Balaban J connectivity index is 3.32. The summed E-state index contributed by atoms with van der Waals surface area (Å²) in [4.78, 5) is 9.96. The molecule has 0 bridgehead atoms. The molecule has 0 aliphatic carbocycles. The first-order chi connectivity index (χ1) is 6.60. The van der Waals surface area contributed by atoms with Crippen LogP contribution in [-0.4, -0.2) is 19.1 Å². The molecule has 0 atom stereocenters. The highest BCUT2D eigenvalue weighted by Crippen LogP contribution is 2.35. The largest absolute Gasteiger partial charge is 0.494 e. The van der Waals surface area contributed by atoms with Gasteiger partial charge in [-0.2, -0.15) is 0 Å². The van der Waals surface area contributed by atoms with Crippen LogP contribution in [0.25, 0.3) is 0 Å². The van der Waals surface area contributed by atoms with Crippen LogP contribution in [-0.2, 0) is 0 Å². The number of benzene rings is 1. The Labute approximate surface area is 80.4 Å². The average Bonchev–Trinajstić information content (AvgIpc) is 2.17. The molecular weight excluding hydrogens is 188 g/mol. The molecule has 14 heavy (non-hydrogen) atoms. The minimum absolute atomic E-state index is 0.118. The second kappa shape index (κ2) is 3.82. The average molecular weight is 198 g/mol. The van der Waals surface area contributed by atoms with E-state index in [9.17, 15) is 10.1 Å². The minimum Gasteiger partial charge on any atom is -0.494 e. The monoisotopic (exact) mass is 198 g/mol. The van der Waals surface area contributed by atoms with Gasteiger partial charge in [0.15, 0.2) is 11.5 Å². The minimum atomic E-state index is -0.537. The molecule has 6 heteroatoms. The van der Waals surface area contributed by atoms with Crippen LogP contribution in [0.5, 0.6) is 11.5 Å². The molecule has 0 fully saturated rings. The van der Waals surface area contributed by atoms with Crippen molar-refractivity contribution in [2.24, 2.45) is 0 Å². The van der Waals surface area contributed by atoms with Crippen molar-refractivity contribution in [2.75, 3.05) is 20.0 Å². The normalized spacial score (nSPS) is 9.57. The number of non-ortho nitro benzene ring substituents is 1. The van der Waals surface area contributed by atoms with Crippen molar-refractivity contribution in [1.29, 1.82) is 0 Å². The fourth-order valence-corrected chi connectivity index (χ4v) is 1.03.